The quantitative estimate of drug-likeness (QED) is 0.586. The molecule has 0 saturated heterocycles. The van der Waals surface area contributed by atoms with Crippen LogP contribution in [0.5, 0.6) is 11.5 Å². The summed E-state index contributed by atoms with van der Waals surface area (Å²) in [5.74, 6) is -1.62. The van der Waals surface area contributed by atoms with Crippen molar-refractivity contribution in [3.63, 3.8) is 0 Å². The Balaban J connectivity index is 1.73. The fraction of sp³-hybridized carbons (Fsp3) is 0.0556. The van der Waals surface area contributed by atoms with Crippen LogP contribution >= 0.6 is 0 Å². The van der Waals surface area contributed by atoms with Crippen LogP contribution in [-0.4, -0.2) is 13.4 Å². The maximum Gasteiger partial charge on any atom is 0.488 e. The standard InChI is InChI=1S/C18H12F3NO4S/c19-17-9-13(12-5-7-22-8-6-12)10-18(20)16(17)11-25-14-1-3-15(4-2-14)26-27(21,23)24/h1-10H,11H2. The highest BCUT2D eigenvalue weighted by molar-refractivity contribution is 7.81. The molecule has 0 unspecified atom stereocenters. The highest BCUT2D eigenvalue weighted by atomic mass is 32.3. The molecule has 140 valence electrons. The van der Waals surface area contributed by atoms with Crippen molar-refractivity contribution in [2.45, 2.75) is 6.61 Å². The van der Waals surface area contributed by atoms with E-state index in [4.69, 9.17) is 4.74 Å². The lowest BCUT2D eigenvalue weighted by atomic mass is 10.0. The normalized spacial score (nSPS) is 11.2. The second-order valence-corrected chi connectivity index (χ2v) is 6.34. The van der Waals surface area contributed by atoms with Gasteiger partial charge in [-0.3, -0.25) is 4.98 Å². The molecule has 27 heavy (non-hydrogen) atoms. The molecule has 0 aliphatic carbocycles. The van der Waals surface area contributed by atoms with Crippen LogP contribution in [0.15, 0.2) is 60.9 Å². The Morgan fingerprint density at radius 3 is 1.96 bits per heavy atom. The Labute approximate surface area is 153 Å². The lowest BCUT2D eigenvalue weighted by Gasteiger charge is -2.10. The fourth-order valence-corrected chi connectivity index (χ4v) is 2.65. The van der Waals surface area contributed by atoms with Crippen LogP contribution in [0.2, 0.25) is 0 Å². The third-order valence-corrected chi connectivity index (χ3v) is 3.95. The van der Waals surface area contributed by atoms with E-state index in [0.717, 1.165) is 12.1 Å². The van der Waals surface area contributed by atoms with Crippen LogP contribution in [0.1, 0.15) is 5.56 Å². The van der Waals surface area contributed by atoms with Gasteiger partial charge in [0, 0.05) is 12.4 Å². The summed E-state index contributed by atoms with van der Waals surface area (Å²) in [5.41, 5.74) is 0.721. The van der Waals surface area contributed by atoms with Gasteiger partial charge in [-0.15, -0.1) is 0 Å². The number of hydrogen-bond acceptors (Lipinski definition) is 5. The lowest BCUT2D eigenvalue weighted by molar-refractivity contribution is 0.292. The first-order valence-electron chi connectivity index (χ1n) is 7.57. The molecule has 5 nitrogen and oxygen atoms in total. The average molecular weight is 395 g/mol. The predicted octanol–water partition coefficient (Wildman–Crippen LogP) is 4.20. The Kier molecular flexibility index (Phi) is 5.31. The van der Waals surface area contributed by atoms with E-state index in [1.54, 1.807) is 12.1 Å². The van der Waals surface area contributed by atoms with E-state index in [0.29, 0.717) is 11.1 Å². The van der Waals surface area contributed by atoms with Gasteiger partial charge in [0.15, 0.2) is 0 Å². The van der Waals surface area contributed by atoms with Gasteiger partial charge < -0.3 is 8.92 Å². The maximum atomic E-state index is 14.3. The van der Waals surface area contributed by atoms with Crippen molar-refractivity contribution in [2.24, 2.45) is 0 Å². The lowest BCUT2D eigenvalue weighted by Crippen LogP contribution is -2.03. The van der Waals surface area contributed by atoms with Crippen LogP contribution in [0.4, 0.5) is 12.7 Å². The predicted molar refractivity (Wildman–Crippen MR) is 91.0 cm³/mol. The molecule has 0 amide bonds. The first-order valence-corrected chi connectivity index (χ1v) is 8.88. The molecule has 3 rings (SSSR count). The van der Waals surface area contributed by atoms with Gasteiger partial charge in [-0.2, -0.15) is 8.42 Å². The average Bonchev–Trinajstić information content (AvgIpc) is 2.62. The zero-order valence-electron chi connectivity index (χ0n) is 13.6. The summed E-state index contributed by atoms with van der Waals surface area (Å²) in [6.07, 6.45) is 3.04. The van der Waals surface area contributed by atoms with Crippen LogP contribution < -0.4 is 8.92 Å². The Hall–Kier alpha value is -3.07. The van der Waals surface area contributed by atoms with Crippen molar-refractivity contribution in [1.29, 1.82) is 0 Å². The molecule has 0 fully saturated rings. The van der Waals surface area contributed by atoms with E-state index in [2.05, 4.69) is 9.17 Å². The number of halogens is 3. The molecule has 2 aromatic carbocycles. The van der Waals surface area contributed by atoms with Crippen molar-refractivity contribution < 1.29 is 30.0 Å². The van der Waals surface area contributed by atoms with Crippen molar-refractivity contribution >= 4 is 10.5 Å². The van der Waals surface area contributed by atoms with Gasteiger partial charge in [0.1, 0.15) is 29.7 Å². The van der Waals surface area contributed by atoms with Gasteiger partial charge in [0.05, 0.1) is 5.56 Å². The number of ether oxygens (including phenoxy) is 1. The van der Waals surface area contributed by atoms with E-state index in [1.165, 1.54) is 36.7 Å². The van der Waals surface area contributed by atoms with E-state index in [9.17, 15) is 21.1 Å². The van der Waals surface area contributed by atoms with Gasteiger partial charge in [-0.25, -0.2) is 8.78 Å². The zero-order chi connectivity index (χ0) is 19.4. The molecular formula is C18H12F3NO4S. The van der Waals surface area contributed by atoms with Gasteiger partial charge in [0.25, 0.3) is 0 Å². The minimum absolute atomic E-state index is 0.190. The van der Waals surface area contributed by atoms with Crippen LogP contribution in [0.3, 0.4) is 0 Å². The monoisotopic (exact) mass is 395 g/mol. The number of benzene rings is 2. The van der Waals surface area contributed by atoms with E-state index >= 15 is 0 Å². The molecule has 0 radical (unpaired) electrons. The smallest absolute Gasteiger partial charge is 0.488 e. The number of rotatable bonds is 6. The summed E-state index contributed by atoms with van der Waals surface area (Å²) >= 11 is 0. The third kappa shape index (κ3) is 4.98. The molecule has 9 heteroatoms. The molecule has 0 aliphatic heterocycles. The zero-order valence-corrected chi connectivity index (χ0v) is 14.4. The second-order valence-electron chi connectivity index (χ2n) is 5.39. The maximum absolute atomic E-state index is 14.3. The molecule has 0 bridgehead atoms. The Morgan fingerprint density at radius 2 is 1.41 bits per heavy atom. The number of nitrogens with zero attached hydrogens (tertiary/aromatic N) is 1. The first-order chi connectivity index (χ1) is 12.8. The summed E-state index contributed by atoms with van der Waals surface area (Å²) < 4.78 is 71.1. The van der Waals surface area contributed by atoms with Gasteiger partial charge in [-0.05, 0) is 59.7 Å². The molecule has 0 atom stereocenters. The summed E-state index contributed by atoms with van der Waals surface area (Å²) in [7, 11) is -5.13. The number of pyridine rings is 1. The molecule has 1 heterocycles. The molecule has 1 aromatic heterocycles. The van der Waals surface area contributed by atoms with Crippen molar-refractivity contribution in [3.05, 3.63) is 78.1 Å². The van der Waals surface area contributed by atoms with Crippen molar-refractivity contribution in [1.82, 2.24) is 4.98 Å². The summed E-state index contributed by atoms with van der Waals surface area (Å²) in [5, 5.41) is 0. The van der Waals surface area contributed by atoms with Crippen LogP contribution in [-0.2, 0) is 17.1 Å². The highest BCUT2D eigenvalue weighted by Crippen LogP contribution is 2.26. The third-order valence-electron chi connectivity index (χ3n) is 3.56. The summed E-state index contributed by atoms with van der Waals surface area (Å²) in [6.45, 7) is -0.393. The first kappa shape index (κ1) is 18.7. The molecule has 0 aliphatic rings. The SMILES string of the molecule is O=S(=O)(F)Oc1ccc(OCc2c(F)cc(-c3ccncc3)cc2F)cc1. The number of aromatic nitrogens is 1. The summed E-state index contributed by atoms with van der Waals surface area (Å²) in [6, 6.07) is 10.5. The molecule has 0 saturated carbocycles. The summed E-state index contributed by atoms with van der Waals surface area (Å²) in [4.78, 5) is 3.85. The number of hydrogen-bond donors (Lipinski definition) is 0. The minimum atomic E-state index is -5.13. The second kappa shape index (κ2) is 7.67. The van der Waals surface area contributed by atoms with Gasteiger partial charge in [-0.1, -0.05) is 3.89 Å². The van der Waals surface area contributed by atoms with Crippen molar-refractivity contribution in [3.8, 4) is 22.6 Å². The minimum Gasteiger partial charge on any atom is -0.489 e. The topological polar surface area (TPSA) is 65.5 Å². The van der Waals surface area contributed by atoms with Gasteiger partial charge in [0.2, 0.25) is 0 Å². The highest BCUT2D eigenvalue weighted by Gasteiger charge is 2.14. The molecule has 3 aromatic rings. The van der Waals surface area contributed by atoms with Crippen LogP contribution in [0, 0.1) is 11.6 Å². The Bertz CT molecular complexity index is 1020. The Morgan fingerprint density at radius 1 is 0.852 bits per heavy atom. The molecular weight excluding hydrogens is 383 g/mol. The van der Waals surface area contributed by atoms with Gasteiger partial charge >= 0.3 is 10.5 Å². The molecule has 0 spiro atoms. The largest absolute Gasteiger partial charge is 0.489 e. The van der Waals surface area contributed by atoms with Crippen LogP contribution in [0.25, 0.3) is 11.1 Å². The fourth-order valence-electron chi connectivity index (χ4n) is 2.31. The van der Waals surface area contributed by atoms with E-state index in [-0.39, 0.29) is 17.1 Å². The van der Waals surface area contributed by atoms with E-state index in [1.807, 2.05) is 0 Å². The van der Waals surface area contributed by atoms with Crippen molar-refractivity contribution in [2.75, 3.05) is 0 Å². The van der Waals surface area contributed by atoms with E-state index < -0.39 is 28.7 Å². The molecule has 0 N–H and O–H groups in total.